The third kappa shape index (κ3) is 3.72. The normalized spacial score (nSPS) is 10.9. The number of benzene rings is 1. The molecule has 1 heterocycles. The molecule has 0 unspecified atom stereocenters. The van der Waals surface area contributed by atoms with E-state index in [1.807, 2.05) is 29.9 Å². The minimum Gasteiger partial charge on any atom is -0.493 e. The number of ether oxygens (including phenoxy) is 2. The van der Waals surface area contributed by atoms with Crippen molar-refractivity contribution in [3.8, 4) is 11.5 Å². The summed E-state index contributed by atoms with van der Waals surface area (Å²) in [6.07, 6.45) is 1.55. The van der Waals surface area contributed by atoms with Gasteiger partial charge in [-0.25, -0.2) is 9.67 Å². The summed E-state index contributed by atoms with van der Waals surface area (Å²) in [5.74, 6) is 2.22. The van der Waals surface area contributed by atoms with Crippen molar-refractivity contribution in [2.75, 3.05) is 14.2 Å². The van der Waals surface area contributed by atoms with Crippen molar-refractivity contribution in [1.29, 1.82) is 0 Å². The van der Waals surface area contributed by atoms with Gasteiger partial charge < -0.3 is 14.8 Å². The molecule has 2 aromatic rings. The largest absolute Gasteiger partial charge is 0.493 e. The fourth-order valence-corrected chi connectivity index (χ4v) is 2.10. The highest BCUT2D eigenvalue weighted by atomic mass is 16.5. The number of rotatable bonds is 7. The maximum absolute atomic E-state index is 5.83. The van der Waals surface area contributed by atoms with E-state index in [1.54, 1.807) is 13.4 Å². The van der Waals surface area contributed by atoms with Gasteiger partial charge in [0.05, 0.1) is 7.11 Å². The molecule has 0 saturated heterocycles. The maximum atomic E-state index is 5.83. The lowest BCUT2D eigenvalue weighted by molar-refractivity contribution is 0.266. The van der Waals surface area contributed by atoms with Crippen LogP contribution in [0.2, 0.25) is 0 Å². The van der Waals surface area contributed by atoms with Gasteiger partial charge in [0.1, 0.15) is 12.9 Å². The Morgan fingerprint density at radius 3 is 2.76 bits per heavy atom. The van der Waals surface area contributed by atoms with Crippen molar-refractivity contribution in [2.45, 2.75) is 33.0 Å². The molecule has 1 aromatic heterocycles. The average Bonchev–Trinajstić information content (AvgIpc) is 2.94. The lowest BCUT2D eigenvalue weighted by Crippen LogP contribution is -2.11. The predicted octanol–water partition coefficient (Wildman–Crippen LogP) is 2.17. The zero-order valence-corrected chi connectivity index (χ0v) is 13.0. The van der Waals surface area contributed by atoms with Gasteiger partial charge >= 0.3 is 0 Å². The van der Waals surface area contributed by atoms with Crippen LogP contribution in [0.5, 0.6) is 11.5 Å². The average molecular weight is 290 g/mol. The molecule has 0 spiro atoms. The first-order valence-electron chi connectivity index (χ1n) is 6.98. The van der Waals surface area contributed by atoms with Crippen LogP contribution in [0.3, 0.4) is 0 Å². The SMILES string of the molecule is CNCc1ccc(OCc2ncnn2C(C)C)c(OC)c1. The maximum Gasteiger partial charge on any atom is 0.165 e. The zero-order valence-electron chi connectivity index (χ0n) is 13.0. The molecule has 0 bridgehead atoms. The number of nitrogens with one attached hydrogen (secondary N) is 1. The van der Waals surface area contributed by atoms with Gasteiger partial charge in [0.25, 0.3) is 0 Å². The Balaban J connectivity index is 2.10. The first-order valence-corrected chi connectivity index (χ1v) is 6.98. The van der Waals surface area contributed by atoms with Crippen LogP contribution in [0.25, 0.3) is 0 Å². The lowest BCUT2D eigenvalue weighted by Gasteiger charge is -2.13. The molecule has 6 heteroatoms. The van der Waals surface area contributed by atoms with Gasteiger partial charge in [0, 0.05) is 12.6 Å². The molecule has 114 valence electrons. The number of hydrogen-bond acceptors (Lipinski definition) is 5. The quantitative estimate of drug-likeness (QED) is 0.846. The van der Waals surface area contributed by atoms with Crippen LogP contribution in [-0.4, -0.2) is 28.9 Å². The highest BCUT2D eigenvalue weighted by Crippen LogP contribution is 2.28. The molecular weight excluding hydrogens is 268 g/mol. The molecule has 0 aliphatic carbocycles. The molecule has 0 aliphatic heterocycles. The Hall–Kier alpha value is -2.08. The highest BCUT2D eigenvalue weighted by molar-refractivity contribution is 5.42. The van der Waals surface area contributed by atoms with Gasteiger partial charge in [-0.2, -0.15) is 5.10 Å². The van der Waals surface area contributed by atoms with Crippen molar-refractivity contribution >= 4 is 0 Å². The standard InChI is InChI=1S/C15H22N4O2/c1-11(2)19-15(17-10-18-19)9-21-13-6-5-12(8-16-3)7-14(13)20-4/h5-7,10-11,16H,8-9H2,1-4H3. The monoisotopic (exact) mass is 290 g/mol. The Morgan fingerprint density at radius 2 is 2.10 bits per heavy atom. The number of nitrogens with zero attached hydrogens (tertiary/aromatic N) is 3. The second-order valence-electron chi connectivity index (χ2n) is 5.02. The van der Waals surface area contributed by atoms with E-state index in [9.17, 15) is 0 Å². The number of methoxy groups -OCH3 is 1. The first-order chi connectivity index (χ1) is 10.2. The van der Waals surface area contributed by atoms with E-state index in [0.717, 1.165) is 23.7 Å². The zero-order chi connectivity index (χ0) is 15.2. The van der Waals surface area contributed by atoms with E-state index in [1.165, 1.54) is 0 Å². The molecule has 1 aromatic carbocycles. The summed E-state index contributed by atoms with van der Waals surface area (Å²) in [5.41, 5.74) is 1.15. The minimum atomic E-state index is 0.256. The summed E-state index contributed by atoms with van der Waals surface area (Å²) in [6, 6.07) is 6.16. The summed E-state index contributed by atoms with van der Waals surface area (Å²) >= 11 is 0. The molecule has 0 fully saturated rings. The van der Waals surface area contributed by atoms with Crippen LogP contribution in [0.15, 0.2) is 24.5 Å². The topological polar surface area (TPSA) is 61.2 Å². The molecule has 0 atom stereocenters. The summed E-state index contributed by atoms with van der Waals surface area (Å²) < 4.78 is 13.1. The fourth-order valence-electron chi connectivity index (χ4n) is 2.10. The molecule has 21 heavy (non-hydrogen) atoms. The van der Waals surface area contributed by atoms with Crippen LogP contribution in [0.4, 0.5) is 0 Å². The van der Waals surface area contributed by atoms with Crippen LogP contribution in [-0.2, 0) is 13.2 Å². The third-order valence-electron chi connectivity index (χ3n) is 3.10. The van der Waals surface area contributed by atoms with Gasteiger partial charge in [-0.1, -0.05) is 6.07 Å². The van der Waals surface area contributed by atoms with Crippen molar-refractivity contribution in [3.05, 3.63) is 35.9 Å². The Bertz CT molecular complexity index is 581. The molecule has 0 aliphatic rings. The van der Waals surface area contributed by atoms with Crippen molar-refractivity contribution in [1.82, 2.24) is 20.1 Å². The molecule has 0 saturated carbocycles. The minimum absolute atomic E-state index is 0.256. The molecular formula is C15H22N4O2. The van der Waals surface area contributed by atoms with Gasteiger partial charge in [-0.3, -0.25) is 0 Å². The van der Waals surface area contributed by atoms with Crippen LogP contribution >= 0.6 is 0 Å². The Labute approximate surface area is 125 Å². The van der Waals surface area contributed by atoms with Crippen LogP contribution in [0.1, 0.15) is 31.3 Å². The van der Waals surface area contributed by atoms with E-state index >= 15 is 0 Å². The summed E-state index contributed by atoms with van der Waals surface area (Å²) in [4.78, 5) is 4.23. The van der Waals surface area contributed by atoms with E-state index in [4.69, 9.17) is 9.47 Å². The van der Waals surface area contributed by atoms with Gasteiger partial charge in [-0.05, 0) is 38.6 Å². The van der Waals surface area contributed by atoms with Crippen molar-refractivity contribution < 1.29 is 9.47 Å². The van der Waals surface area contributed by atoms with Gasteiger partial charge in [0.15, 0.2) is 17.3 Å². The van der Waals surface area contributed by atoms with Crippen LogP contribution < -0.4 is 14.8 Å². The van der Waals surface area contributed by atoms with Gasteiger partial charge in [0.2, 0.25) is 0 Å². The molecule has 0 amide bonds. The third-order valence-corrected chi connectivity index (χ3v) is 3.10. The second-order valence-corrected chi connectivity index (χ2v) is 5.02. The summed E-state index contributed by atoms with van der Waals surface area (Å²) in [7, 11) is 3.55. The Kier molecular flexibility index (Phi) is 5.16. The fraction of sp³-hybridized carbons (Fsp3) is 0.467. The summed E-state index contributed by atoms with van der Waals surface area (Å²) in [6.45, 7) is 5.27. The van der Waals surface area contributed by atoms with Gasteiger partial charge in [-0.15, -0.1) is 0 Å². The lowest BCUT2D eigenvalue weighted by atomic mass is 10.2. The van der Waals surface area contributed by atoms with E-state index < -0.39 is 0 Å². The summed E-state index contributed by atoms with van der Waals surface area (Å²) in [5, 5.41) is 7.31. The smallest absolute Gasteiger partial charge is 0.165 e. The molecule has 1 N–H and O–H groups in total. The second kappa shape index (κ2) is 7.08. The van der Waals surface area contributed by atoms with E-state index in [2.05, 4.69) is 29.2 Å². The molecule has 0 radical (unpaired) electrons. The molecule has 6 nitrogen and oxygen atoms in total. The van der Waals surface area contributed by atoms with Crippen molar-refractivity contribution in [2.24, 2.45) is 0 Å². The number of hydrogen-bond donors (Lipinski definition) is 1. The van der Waals surface area contributed by atoms with E-state index in [-0.39, 0.29) is 6.04 Å². The van der Waals surface area contributed by atoms with Crippen molar-refractivity contribution in [3.63, 3.8) is 0 Å². The predicted molar refractivity (Wildman–Crippen MR) is 80.5 cm³/mol. The number of aromatic nitrogens is 3. The van der Waals surface area contributed by atoms with E-state index in [0.29, 0.717) is 12.4 Å². The van der Waals surface area contributed by atoms with Crippen LogP contribution in [0, 0.1) is 0 Å². The molecule has 2 rings (SSSR count). The highest BCUT2D eigenvalue weighted by Gasteiger charge is 2.11. The first kappa shape index (κ1) is 15.3. The Morgan fingerprint density at radius 1 is 1.29 bits per heavy atom.